The minimum absolute atomic E-state index is 0.0323. The van der Waals surface area contributed by atoms with Crippen molar-refractivity contribution in [1.82, 2.24) is 25.1 Å². The predicted octanol–water partition coefficient (Wildman–Crippen LogP) is 1.10. The zero-order valence-corrected chi connectivity index (χ0v) is 14.3. The number of tetrazole rings is 1. The molecule has 3 rings (SSSR count). The number of likely N-dealkylation sites (tertiary alicyclic amines) is 1. The van der Waals surface area contributed by atoms with Gasteiger partial charge in [0.2, 0.25) is 5.91 Å². The highest BCUT2D eigenvalue weighted by molar-refractivity contribution is 5.80. The minimum atomic E-state index is -0.578. The first kappa shape index (κ1) is 17.5. The average Bonchev–Trinajstić information content (AvgIpc) is 3.05. The summed E-state index contributed by atoms with van der Waals surface area (Å²) in [6, 6.07) is 5.71. The summed E-state index contributed by atoms with van der Waals surface area (Å²) in [4.78, 5) is 15.0. The number of carbonyl (C=O) groups excluding carboxylic acids is 1. The van der Waals surface area contributed by atoms with Gasteiger partial charge in [-0.2, -0.15) is 0 Å². The topological polar surface area (TPSA) is 89.9 Å². The fraction of sp³-hybridized carbons (Fsp3) is 0.529. The smallest absolute Gasteiger partial charge is 0.247 e. The molecule has 8 heteroatoms. The second-order valence-electron chi connectivity index (χ2n) is 6.52. The fourth-order valence-electron chi connectivity index (χ4n) is 3.29. The van der Waals surface area contributed by atoms with Crippen molar-refractivity contribution in [3.05, 3.63) is 41.5 Å². The Morgan fingerprint density at radius 3 is 2.76 bits per heavy atom. The molecule has 7 nitrogen and oxygen atoms in total. The maximum absolute atomic E-state index is 13.5. The summed E-state index contributed by atoms with van der Waals surface area (Å²) >= 11 is 0. The van der Waals surface area contributed by atoms with Gasteiger partial charge in [0.25, 0.3) is 0 Å². The van der Waals surface area contributed by atoms with Crippen LogP contribution < -0.4 is 5.73 Å². The summed E-state index contributed by atoms with van der Waals surface area (Å²) in [7, 11) is 0. The van der Waals surface area contributed by atoms with Crippen LogP contribution in [0.2, 0.25) is 0 Å². The molecule has 1 aromatic heterocycles. The summed E-state index contributed by atoms with van der Waals surface area (Å²) in [5, 5.41) is 11.5. The Bertz CT molecular complexity index is 725. The first-order chi connectivity index (χ1) is 12.1. The van der Waals surface area contributed by atoms with E-state index in [-0.39, 0.29) is 11.7 Å². The zero-order chi connectivity index (χ0) is 17.8. The van der Waals surface area contributed by atoms with Crippen LogP contribution in [0.5, 0.6) is 0 Å². The summed E-state index contributed by atoms with van der Waals surface area (Å²) in [5.74, 6) is 0.683. The Kier molecular flexibility index (Phi) is 5.37. The van der Waals surface area contributed by atoms with Gasteiger partial charge >= 0.3 is 0 Å². The molecule has 134 valence electrons. The maximum atomic E-state index is 13.5. The van der Waals surface area contributed by atoms with Gasteiger partial charge in [0, 0.05) is 19.5 Å². The lowest BCUT2D eigenvalue weighted by molar-refractivity contribution is -0.136. The van der Waals surface area contributed by atoms with E-state index in [1.54, 1.807) is 13.0 Å². The number of rotatable bonds is 5. The van der Waals surface area contributed by atoms with E-state index in [9.17, 15) is 9.18 Å². The molecule has 1 aromatic carbocycles. The second kappa shape index (κ2) is 7.69. The lowest BCUT2D eigenvalue weighted by atomic mass is 9.96. The second-order valence-corrected chi connectivity index (χ2v) is 6.52. The normalized spacial score (nSPS) is 16.8. The number of nitrogens with two attached hydrogens (primary N) is 1. The molecule has 0 radical (unpaired) electrons. The van der Waals surface area contributed by atoms with Crippen molar-refractivity contribution in [2.75, 3.05) is 19.6 Å². The third kappa shape index (κ3) is 4.01. The summed E-state index contributed by atoms with van der Waals surface area (Å²) in [6.45, 7) is 3.77. The molecule has 1 saturated heterocycles. The van der Waals surface area contributed by atoms with Gasteiger partial charge in [0.05, 0.1) is 0 Å². The van der Waals surface area contributed by atoms with E-state index in [4.69, 9.17) is 5.73 Å². The van der Waals surface area contributed by atoms with E-state index >= 15 is 0 Å². The molecule has 2 heterocycles. The number of halogens is 1. The lowest BCUT2D eigenvalue weighted by Crippen LogP contribution is -2.44. The van der Waals surface area contributed by atoms with Gasteiger partial charge in [-0.3, -0.25) is 4.79 Å². The highest BCUT2D eigenvalue weighted by atomic mass is 19.1. The Morgan fingerprint density at radius 1 is 1.40 bits per heavy atom. The Balaban J connectivity index is 1.81. The van der Waals surface area contributed by atoms with Crippen molar-refractivity contribution in [3.63, 3.8) is 0 Å². The third-order valence-corrected chi connectivity index (χ3v) is 4.82. The largest absolute Gasteiger partial charge is 0.341 e. The van der Waals surface area contributed by atoms with Crippen molar-refractivity contribution in [2.45, 2.75) is 32.2 Å². The van der Waals surface area contributed by atoms with E-state index in [1.807, 2.05) is 11.0 Å². The number of aryl methyl sites for hydroxylation is 1. The summed E-state index contributed by atoms with van der Waals surface area (Å²) in [5.41, 5.74) is 6.47. The van der Waals surface area contributed by atoms with Crippen molar-refractivity contribution >= 4 is 5.91 Å². The molecule has 1 fully saturated rings. The van der Waals surface area contributed by atoms with E-state index in [0.717, 1.165) is 18.4 Å². The van der Waals surface area contributed by atoms with Gasteiger partial charge in [-0.15, -0.1) is 5.10 Å². The Morgan fingerprint density at radius 2 is 2.16 bits per heavy atom. The quantitative estimate of drug-likeness (QED) is 0.876. The van der Waals surface area contributed by atoms with Gasteiger partial charge in [-0.05, 0) is 60.4 Å². The SMILES string of the molecule is Cc1nnnn1C(Cc1cccc(F)c1)C(=O)N1CCC(CN)CC1. The van der Waals surface area contributed by atoms with Crippen LogP contribution in [-0.4, -0.2) is 50.6 Å². The molecule has 1 amide bonds. The Hall–Kier alpha value is -2.35. The predicted molar refractivity (Wildman–Crippen MR) is 90.1 cm³/mol. The summed E-state index contributed by atoms with van der Waals surface area (Å²) < 4.78 is 15.1. The Labute approximate surface area is 146 Å². The van der Waals surface area contributed by atoms with Crippen LogP contribution in [0.15, 0.2) is 24.3 Å². The van der Waals surface area contributed by atoms with Crippen molar-refractivity contribution in [2.24, 2.45) is 11.7 Å². The van der Waals surface area contributed by atoms with Gasteiger partial charge < -0.3 is 10.6 Å². The molecular weight excluding hydrogens is 323 g/mol. The number of amides is 1. The van der Waals surface area contributed by atoms with Crippen LogP contribution in [0.25, 0.3) is 0 Å². The summed E-state index contributed by atoms with van der Waals surface area (Å²) in [6.07, 6.45) is 2.16. The highest BCUT2D eigenvalue weighted by Crippen LogP contribution is 2.22. The van der Waals surface area contributed by atoms with Crippen LogP contribution >= 0.6 is 0 Å². The minimum Gasteiger partial charge on any atom is -0.341 e. The molecule has 0 spiro atoms. The number of benzene rings is 1. The number of hydrogen-bond acceptors (Lipinski definition) is 5. The van der Waals surface area contributed by atoms with E-state index < -0.39 is 6.04 Å². The van der Waals surface area contributed by atoms with Gasteiger partial charge in [-0.25, -0.2) is 9.07 Å². The third-order valence-electron chi connectivity index (χ3n) is 4.82. The van der Waals surface area contributed by atoms with Crippen LogP contribution in [0.4, 0.5) is 4.39 Å². The van der Waals surface area contributed by atoms with Crippen molar-refractivity contribution in [3.8, 4) is 0 Å². The van der Waals surface area contributed by atoms with Crippen LogP contribution in [0.1, 0.15) is 30.3 Å². The van der Waals surface area contributed by atoms with Crippen LogP contribution in [0.3, 0.4) is 0 Å². The van der Waals surface area contributed by atoms with E-state index in [2.05, 4.69) is 15.5 Å². The number of carbonyl (C=O) groups is 1. The van der Waals surface area contributed by atoms with E-state index in [0.29, 0.717) is 37.8 Å². The molecule has 1 unspecified atom stereocenters. The lowest BCUT2D eigenvalue weighted by Gasteiger charge is -2.33. The first-order valence-electron chi connectivity index (χ1n) is 8.56. The number of aromatic nitrogens is 4. The van der Waals surface area contributed by atoms with Gasteiger partial charge in [0.1, 0.15) is 17.7 Å². The van der Waals surface area contributed by atoms with E-state index in [1.165, 1.54) is 16.8 Å². The molecule has 0 bridgehead atoms. The maximum Gasteiger partial charge on any atom is 0.247 e. The van der Waals surface area contributed by atoms with Crippen LogP contribution in [0, 0.1) is 18.7 Å². The van der Waals surface area contributed by atoms with Crippen LogP contribution in [-0.2, 0) is 11.2 Å². The monoisotopic (exact) mass is 346 g/mol. The van der Waals surface area contributed by atoms with Crippen molar-refractivity contribution < 1.29 is 9.18 Å². The highest BCUT2D eigenvalue weighted by Gasteiger charge is 2.31. The molecule has 1 aliphatic heterocycles. The number of hydrogen-bond donors (Lipinski definition) is 1. The molecule has 0 saturated carbocycles. The average molecular weight is 346 g/mol. The molecule has 0 aliphatic carbocycles. The molecule has 2 N–H and O–H groups in total. The molecule has 25 heavy (non-hydrogen) atoms. The molecule has 1 aliphatic rings. The van der Waals surface area contributed by atoms with Crippen molar-refractivity contribution in [1.29, 1.82) is 0 Å². The molecule has 2 aromatic rings. The van der Waals surface area contributed by atoms with Gasteiger partial charge in [-0.1, -0.05) is 12.1 Å². The number of nitrogens with zero attached hydrogens (tertiary/aromatic N) is 5. The van der Waals surface area contributed by atoms with Gasteiger partial charge in [0.15, 0.2) is 0 Å². The molecule has 1 atom stereocenters. The zero-order valence-electron chi connectivity index (χ0n) is 14.3. The standard InChI is InChI=1S/C17H23FN6O/c1-12-20-21-22-24(12)16(10-14-3-2-4-15(18)9-14)17(25)23-7-5-13(11-19)6-8-23/h2-4,9,13,16H,5-8,10-11,19H2,1H3. The fourth-order valence-corrected chi connectivity index (χ4v) is 3.29. The molecular formula is C17H23FN6O. The first-order valence-corrected chi connectivity index (χ1v) is 8.56. The number of piperidine rings is 1.